The number of carbonyl (C=O) groups is 3. The highest BCUT2D eigenvalue weighted by atomic mass is 16.6. The summed E-state index contributed by atoms with van der Waals surface area (Å²) in [5, 5.41) is 27.2. The second kappa shape index (κ2) is 6.10. The first-order valence-electron chi connectivity index (χ1n) is 13.1. The van der Waals surface area contributed by atoms with Gasteiger partial charge in [0.15, 0.2) is 11.6 Å². The van der Waals surface area contributed by atoms with E-state index in [1.165, 1.54) is 0 Å². The molecule has 7 nitrogen and oxygen atoms in total. The van der Waals surface area contributed by atoms with Crippen LogP contribution < -0.4 is 5.32 Å². The number of fused-ring (bicyclic) bond motifs is 1. The third kappa shape index (κ3) is 1.81. The van der Waals surface area contributed by atoms with E-state index >= 15 is 0 Å². The van der Waals surface area contributed by atoms with Crippen molar-refractivity contribution < 1.29 is 29.3 Å². The molecule has 0 aromatic rings. The van der Waals surface area contributed by atoms with E-state index in [9.17, 15) is 24.6 Å². The molecule has 3 heterocycles. The van der Waals surface area contributed by atoms with Crippen molar-refractivity contribution in [1.82, 2.24) is 5.32 Å². The van der Waals surface area contributed by atoms with E-state index in [0.717, 1.165) is 19.5 Å². The van der Waals surface area contributed by atoms with Crippen LogP contribution in [0.3, 0.4) is 0 Å². The molecule has 9 atom stereocenters. The molecule has 0 aromatic carbocycles. The van der Waals surface area contributed by atoms with Crippen molar-refractivity contribution in [3.63, 3.8) is 0 Å². The van der Waals surface area contributed by atoms with Gasteiger partial charge in [-0.15, -0.1) is 0 Å². The van der Waals surface area contributed by atoms with Crippen LogP contribution in [0.25, 0.3) is 0 Å². The maximum atomic E-state index is 14.5. The Morgan fingerprint density at radius 2 is 1.82 bits per heavy atom. The van der Waals surface area contributed by atoms with E-state index in [1.807, 2.05) is 0 Å². The molecule has 0 aromatic heterocycles. The molecule has 5 aliphatic carbocycles. The number of hydrogen-bond acceptors (Lipinski definition) is 7. The largest absolute Gasteiger partial charge is 0.387 e. The molecule has 2 spiro atoms. The minimum atomic E-state index is -2.07. The Balaban J connectivity index is 1.40. The van der Waals surface area contributed by atoms with Crippen LogP contribution >= 0.6 is 0 Å². The number of aliphatic hydroxyl groups is 2. The lowest BCUT2D eigenvalue weighted by Gasteiger charge is -2.84. The molecule has 3 saturated heterocycles. The highest BCUT2D eigenvalue weighted by Crippen LogP contribution is 2.87. The number of piperidine rings is 1. The average molecular weight is 470 g/mol. The Morgan fingerprint density at radius 1 is 1.12 bits per heavy atom. The molecule has 3 aliphatic heterocycles. The van der Waals surface area contributed by atoms with E-state index in [0.29, 0.717) is 37.7 Å². The van der Waals surface area contributed by atoms with Gasteiger partial charge in [0, 0.05) is 24.2 Å². The maximum absolute atomic E-state index is 14.5. The third-order valence-electron chi connectivity index (χ3n) is 11.8. The van der Waals surface area contributed by atoms with Crippen LogP contribution in [0.5, 0.6) is 0 Å². The average Bonchev–Trinajstić information content (AvgIpc) is 2.82. The molecular formula is C27H35NO6. The maximum Gasteiger partial charge on any atom is 0.205 e. The summed E-state index contributed by atoms with van der Waals surface area (Å²) in [5.74, 6) is -3.98. The van der Waals surface area contributed by atoms with Gasteiger partial charge >= 0.3 is 0 Å². The first-order chi connectivity index (χ1) is 16.0. The van der Waals surface area contributed by atoms with Crippen LogP contribution in [-0.2, 0) is 19.1 Å². The second-order valence-electron chi connectivity index (χ2n) is 13.0. The lowest BCUT2D eigenvalue weighted by Crippen LogP contribution is -2.95. The monoisotopic (exact) mass is 469 g/mol. The molecule has 2 bridgehead atoms. The quantitative estimate of drug-likeness (QED) is 0.414. The molecule has 1 unspecified atom stereocenters. The number of nitrogens with one attached hydrogen (secondary N) is 1. The van der Waals surface area contributed by atoms with Crippen molar-refractivity contribution in [1.29, 1.82) is 0 Å². The normalized spacial score (nSPS) is 54.9. The van der Waals surface area contributed by atoms with Crippen LogP contribution in [0.4, 0.5) is 0 Å². The molecule has 0 amide bonds. The fourth-order valence-corrected chi connectivity index (χ4v) is 10.6. The fraction of sp³-hybridized carbons (Fsp3) is 0.815. The molecule has 8 aliphatic rings. The van der Waals surface area contributed by atoms with Gasteiger partial charge in [0.25, 0.3) is 0 Å². The van der Waals surface area contributed by atoms with Crippen LogP contribution in [0.15, 0.2) is 12.2 Å². The van der Waals surface area contributed by atoms with Crippen LogP contribution in [0.2, 0.25) is 0 Å². The highest BCUT2D eigenvalue weighted by Gasteiger charge is 2.96. The zero-order valence-corrected chi connectivity index (χ0v) is 20.1. The molecule has 34 heavy (non-hydrogen) atoms. The van der Waals surface area contributed by atoms with Gasteiger partial charge in [0.05, 0.1) is 17.4 Å². The third-order valence-corrected chi connectivity index (χ3v) is 11.8. The molecule has 8 rings (SSSR count). The predicted octanol–water partition coefficient (Wildman–Crippen LogP) is 1.41. The van der Waals surface area contributed by atoms with Crippen LogP contribution in [0.1, 0.15) is 52.4 Å². The Hall–Kier alpha value is -1.41. The Kier molecular flexibility index (Phi) is 3.92. The molecular weight excluding hydrogens is 434 g/mol. The minimum absolute atomic E-state index is 0.0424. The lowest BCUT2D eigenvalue weighted by atomic mass is 9.18. The summed E-state index contributed by atoms with van der Waals surface area (Å²) in [4.78, 5) is 42.2. The van der Waals surface area contributed by atoms with E-state index < -0.39 is 45.9 Å². The summed E-state index contributed by atoms with van der Waals surface area (Å²) >= 11 is 0. The van der Waals surface area contributed by atoms with Gasteiger partial charge in [0.2, 0.25) is 5.79 Å². The SMILES string of the molecule is C=C1[C@@H]2CC[C@H]3[C@@]45CO[C@](O)([C@@H](O)[C@@H]4C(C)(C)CCC5=O)[C@]34C(=O)C1(C(=O)C1CCNCC1)[C@H]24. The van der Waals surface area contributed by atoms with Gasteiger partial charge < -0.3 is 20.3 Å². The van der Waals surface area contributed by atoms with Crippen molar-refractivity contribution >= 4 is 17.3 Å². The molecule has 5 saturated carbocycles. The Bertz CT molecular complexity index is 1060. The second-order valence-corrected chi connectivity index (χ2v) is 13.0. The van der Waals surface area contributed by atoms with Crippen LogP contribution in [0, 0.1) is 51.2 Å². The molecule has 8 fully saturated rings. The van der Waals surface area contributed by atoms with Gasteiger partial charge in [-0.3, -0.25) is 14.4 Å². The van der Waals surface area contributed by atoms with Crippen molar-refractivity contribution in [2.24, 2.45) is 51.2 Å². The smallest absolute Gasteiger partial charge is 0.205 e. The van der Waals surface area contributed by atoms with Crippen molar-refractivity contribution in [2.75, 3.05) is 19.7 Å². The number of ether oxygens (including phenoxy) is 1. The van der Waals surface area contributed by atoms with E-state index in [-0.39, 0.29) is 41.2 Å². The Labute approximate surface area is 199 Å². The van der Waals surface area contributed by atoms with Gasteiger partial charge in [-0.2, -0.15) is 0 Å². The Morgan fingerprint density at radius 3 is 2.53 bits per heavy atom. The first-order valence-corrected chi connectivity index (χ1v) is 13.1. The summed E-state index contributed by atoms with van der Waals surface area (Å²) in [5.41, 5.74) is -3.36. The summed E-state index contributed by atoms with van der Waals surface area (Å²) in [7, 11) is 0. The number of ketones is 3. The number of allylic oxidation sites excluding steroid dienone is 1. The van der Waals surface area contributed by atoms with Gasteiger partial charge in [-0.05, 0) is 62.4 Å². The zero-order valence-electron chi connectivity index (χ0n) is 20.1. The van der Waals surface area contributed by atoms with E-state index in [4.69, 9.17) is 4.74 Å². The van der Waals surface area contributed by atoms with E-state index in [1.54, 1.807) is 0 Å². The van der Waals surface area contributed by atoms with Crippen LogP contribution in [-0.4, -0.2) is 59.2 Å². The van der Waals surface area contributed by atoms with Crippen molar-refractivity contribution in [3.8, 4) is 0 Å². The summed E-state index contributed by atoms with van der Waals surface area (Å²) in [6.07, 6.45) is 2.44. The number of Topliss-reactive ketones (excluding diaryl/α,β-unsaturated/α-hetero) is 3. The lowest BCUT2D eigenvalue weighted by molar-refractivity contribution is -0.460. The first kappa shape index (κ1) is 21.8. The number of rotatable bonds is 2. The number of carbonyl (C=O) groups excluding carboxylic acids is 3. The fourth-order valence-electron chi connectivity index (χ4n) is 10.6. The van der Waals surface area contributed by atoms with E-state index in [2.05, 4.69) is 25.7 Å². The number of hydrogen-bond donors (Lipinski definition) is 3. The van der Waals surface area contributed by atoms with Crippen molar-refractivity contribution in [3.05, 3.63) is 12.2 Å². The topological polar surface area (TPSA) is 113 Å². The molecule has 7 heteroatoms. The summed E-state index contributed by atoms with van der Waals surface area (Å²) < 4.78 is 6.05. The molecule has 0 radical (unpaired) electrons. The predicted molar refractivity (Wildman–Crippen MR) is 120 cm³/mol. The van der Waals surface area contributed by atoms with Gasteiger partial charge in [-0.1, -0.05) is 26.0 Å². The summed E-state index contributed by atoms with van der Waals surface area (Å²) in [6, 6.07) is 0. The van der Waals surface area contributed by atoms with Gasteiger partial charge in [0.1, 0.15) is 17.3 Å². The van der Waals surface area contributed by atoms with Gasteiger partial charge in [-0.25, -0.2) is 0 Å². The number of aliphatic hydroxyl groups excluding tert-OH is 1. The minimum Gasteiger partial charge on any atom is -0.387 e. The zero-order chi connectivity index (χ0) is 24.1. The van der Waals surface area contributed by atoms with Crippen molar-refractivity contribution in [2.45, 2.75) is 64.3 Å². The molecule has 184 valence electrons. The highest BCUT2D eigenvalue weighted by molar-refractivity contribution is 6.21. The standard InChI is InChI=1S/C27H35NO6/c1-13-15-4-5-16-24-12-34-27(33,21(31)19(24)23(2,3)9-6-17(24)29)26(16)18(15)25(13,22(26)32)20(30)14-7-10-28-11-8-14/h14-16,18-19,21,28,31,33H,1,4-12H2,2-3H3/t15-,16-,18-,19+,21-,24+,25?,26+,27+/m0/s1. The summed E-state index contributed by atoms with van der Waals surface area (Å²) in [6.45, 7) is 9.89. The molecule has 3 N–H and O–H groups in total.